The number of aromatic amines is 1. The average Bonchev–Trinajstić information content (AvgIpc) is 2.75. The van der Waals surface area contributed by atoms with E-state index >= 15 is 0 Å². The lowest BCUT2D eigenvalue weighted by atomic mass is 10.0. The van der Waals surface area contributed by atoms with E-state index in [4.69, 9.17) is 5.26 Å². The number of anilines is 1. The van der Waals surface area contributed by atoms with Crippen molar-refractivity contribution in [3.63, 3.8) is 0 Å². The van der Waals surface area contributed by atoms with E-state index in [-0.39, 0.29) is 0 Å². The number of aromatic nitrogens is 1. The number of nitriles is 1. The Bertz CT molecular complexity index is 852. The van der Waals surface area contributed by atoms with Crippen LogP contribution < -0.4 is 5.32 Å². The van der Waals surface area contributed by atoms with Crippen molar-refractivity contribution in [2.75, 3.05) is 11.9 Å². The summed E-state index contributed by atoms with van der Waals surface area (Å²) >= 11 is 0. The van der Waals surface area contributed by atoms with Crippen molar-refractivity contribution in [3.05, 3.63) is 53.6 Å². The van der Waals surface area contributed by atoms with E-state index in [1.807, 2.05) is 24.3 Å². The van der Waals surface area contributed by atoms with Crippen molar-refractivity contribution >= 4 is 16.6 Å². The standard InChI is InChI=1S/C17H13N3/c18-10-11-5-6-16-14(9-11)12-7-8-19-15-4-2-1-3-13(15)17(12)20-16/h1-6,9,19-20H,7-8H2. The lowest BCUT2D eigenvalue weighted by Crippen LogP contribution is -2.02. The lowest BCUT2D eigenvalue weighted by molar-refractivity contribution is 1.05. The van der Waals surface area contributed by atoms with Gasteiger partial charge in [0.1, 0.15) is 0 Å². The molecule has 1 aliphatic heterocycles. The summed E-state index contributed by atoms with van der Waals surface area (Å²) in [5.41, 5.74) is 6.66. The minimum Gasteiger partial charge on any atom is -0.384 e. The zero-order chi connectivity index (χ0) is 13.5. The number of fused-ring (bicyclic) bond motifs is 5. The van der Waals surface area contributed by atoms with Gasteiger partial charge in [0.2, 0.25) is 0 Å². The molecule has 4 rings (SSSR count). The van der Waals surface area contributed by atoms with Gasteiger partial charge < -0.3 is 10.3 Å². The summed E-state index contributed by atoms with van der Waals surface area (Å²) in [6, 6.07) is 16.4. The van der Waals surface area contributed by atoms with Gasteiger partial charge in [-0.25, -0.2) is 0 Å². The fourth-order valence-corrected chi connectivity index (χ4v) is 2.98. The van der Waals surface area contributed by atoms with Crippen LogP contribution in [0.25, 0.3) is 22.2 Å². The molecule has 0 saturated carbocycles. The first-order valence-electron chi connectivity index (χ1n) is 6.75. The third kappa shape index (κ3) is 1.52. The number of nitrogens with zero attached hydrogens (tertiary/aromatic N) is 1. The molecule has 0 bridgehead atoms. The lowest BCUT2D eigenvalue weighted by Gasteiger charge is -2.06. The van der Waals surface area contributed by atoms with Gasteiger partial charge in [-0.2, -0.15) is 5.26 Å². The second-order valence-corrected chi connectivity index (χ2v) is 5.07. The molecular weight excluding hydrogens is 246 g/mol. The number of benzene rings is 2. The van der Waals surface area contributed by atoms with E-state index in [0.717, 1.165) is 23.9 Å². The molecule has 3 nitrogen and oxygen atoms in total. The van der Waals surface area contributed by atoms with Gasteiger partial charge in [-0.3, -0.25) is 0 Å². The van der Waals surface area contributed by atoms with Crippen LogP contribution in [-0.2, 0) is 6.42 Å². The number of para-hydroxylation sites is 1. The summed E-state index contributed by atoms with van der Waals surface area (Å²) in [5.74, 6) is 0. The maximum atomic E-state index is 9.08. The van der Waals surface area contributed by atoms with Crippen LogP contribution in [0.4, 0.5) is 5.69 Å². The monoisotopic (exact) mass is 259 g/mol. The Balaban J connectivity index is 2.06. The molecule has 0 atom stereocenters. The van der Waals surface area contributed by atoms with Gasteiger partial charge >= 0.3 is 0 Å². The van der Waals surface area contributed by atoms with E-state index in [1.165, 1.54) is 22.5 Å². The van der Waals surface area contributed by atoms with Crippen molar-refractivity contribution in [3.8, 4) is 17.3 Å². The van der Waals surface area contributed by atoms with Gasteiger partial charge in [0.25, 0.3) is 0 Å². The number of rotatable bonds is 0. The summed E-state index contributed by atoms with van der Waals surface area (Å²) in [6.07, 6.45) is 0.957. The molecule has 2 aromatic carbocycles. The Morgan fingerprint density at radius 3 is 2.90 bits per heavy atom. The highest BCUT2D eigenvalue weighted by molar-refractivity contribution is 5.94. The molecule has 0 saturated heterocycles. The Hall–Kier alpha value is -2.73. The first-order chi connectivity index (χ1) is 9.86. The maximum Gasteiger partial charge on any atom is 0.0991 e. The molecule has 0 aliphatic carbocycles. The molecule has 1 aliphatic rings. The van der Waals surface area contributed by atoms with Crippen molar-refractivity contribution in [2.45, 2.75) is 6.42 Å². The SMILES string of the molecule is N#Cc1ccc2[nH]c3c(c2c1)CCNc1ccccc1-3. The molecule has 20 heavy (non-hydrogen) atoms. The van der Waals surface area contributed by atoms with Crippen LogP contribution in [0.2, 0.25) is 0 Å². The third-order valence-corrected chi connectivity index (χ3v) is 3.92. The number of hydrogen-bond acceptors (Lipinski definition) is 2. The maximum absolute atomic E-state index is 9.08. The van der Waals surface area contributed by atoms with E-state index in [1.54, 1.807) is 0 Å². The Kier molecular flexibility index (Phi) is 2.30. The summed E-state index contributed by atoms with van der Waals surface area (Å²) in [6.45, 7) is 0.910. The predicted molar refractivity (Wildman–Crippen MR) is 80.6 cm³/mol. The topological polar surface area (TPSA) is 51.6 Å². The van der Waals surface area contributed by atoms with Gasteiger partial charge in [-0.1, -0.05) is 18.2 Å². The first-order valence-corrected chi connectivity index (χ1v) is 6.75. The fraction of sp³-hybridized carbons (Fsp3) is 0.118. The van der Waals surface area contributed by atoms with Gasteiger partial charge in [-0.15, -0.1) is 0 Å². The smallest absolute Gasteiger partial charge is 0.0991 e. The molecular formula is C17H13N3. The molecule has 0 amide bonds. The van der Waals surface area contributed by atoms with Crippen molar-refractivity contribution < 1.29 is 0 Å². The normalized spacial score (nSPS) is 12.9. The van der Waals surface area contributed by atoms with Gasteiger partial charge in [-0.05, 0) is 36.2 Å². The third-order valence-electron chi connectivity index (χ3n) is 3.92. The molecule has 1 aromatic heterocycles. The van der Waals surface area contributed by atoms with Crippen LogP contribution in [0.3, 0.4) is 0 Å². The van der Waals surface area contributed by atoms with E-state index in [0.29, 0.717) is 5.56 Å². The molecule has 2 heterocycles. The Labute approximate surface area is 116 Å². The largest absolute Gasteiger partial charge is 0.384 e. The Morgan fingerprint density at radius 2 is 2.00 bits per heavy atom. The van der Waals surface area contributed by atoms with Crippen LogP contribution in [0.15, 0.2) is 42.5 Å². The van der Waals surface area contributed by atoms with Crippen molar-refractivity contribution in [1.82, 2.24) is 4.98 Å². The highest BCUT2D eigenvalue weighted by atomic mass is 14.9. The summed E-state index contributed by atoms with van der Waals surface area (Å²) in [4.78, 5) is 3.51. The summed E-state index contributed by atoms with van der Waals surface area (Å²) < 4.78 is 0. The number of nitrogens with one attached hydrogen (secondary N) is 2. The zero-order valence-corrected chi connectivity index (χ0v) is 10.9. The van der Waals surface area contributed by atoms with Crippen LogP contribution >= 0.6 is 0 Å². The minimum atomic E-state index is 0.713. The molecule has 2 N–H and O–H groups in total. The summed E-state index contributed by atoms with van der Waals surface area (Å²) in [5, 5.41) is 13.7. The fourth-order valence-electron chi connectivity index (χ4n) is 2.98. The highest BCUT2D eigenvalue weighted by Crippen LogP contribution is 2.37. The second kappa shape index (κ2) is 4.14. The van der Waals surface area contributed by atoms with E-state index in [2.05, 4.69) is 34.6 Å². The van der Waals surface area contributed by atoms with Crippen LogP contribution in [0, 0.1) is 11.3 Å². The van der Waals surface area contributed by atoms with Crippen LogP contribution in [0.1, 0.15) is 11.1 Å². The van der Waals surface area contributed by atoms with Crippen LogP contribution in [0.5, 0.6) is 0 Å². The molecule has 0 unspecified atom stereocenters. The van der Waals surface area contributed by atoms with E-state index < -0.39 is 0 Å². The second-order valence-electron chi connectivity index (χ2n) is 5.07. The first kappa shape index (κ1) is 11.1. The van der Waals surface area contributed by atoms with Crippen molar-refractivity contribution in [1.29, 1.82) is 5.26 Å². The van der Waals surface area contributed by atoms with Crippen molar-refractivity contribution in [2.24, 2.45) is 0 Å². The van der Waals surface area contributed by atoms with Gasteiger partial charge in [0, 0.05) is 28.7 Å². The number of hydrogen-bond donors (Lipinski definition) is 2. The molecule has 3 heteroatoms. The van der Waals surface area contributed by atoms with Crippen LogP contribution in [-0.4, -0.2) is 11.5 Å². The molecule has 0 fully saturated rings. The zero-order valence-electron chi connectivity index (χ0n) is 10.9. The molecule has 96 valence electrons. The average molecular weight is 259 g/mol. The highest BCUT2D eigenvalue weighted by Gasteiger charge is 2.18. The Morgan fingerprint density at radius 1 is 1.10 bits per heavy atom. The van der Waals surface area contributed by atoms with E-state index in [9.17, 15) is 0 Å². The summed E-state index contributed by atoms with van der Waals surface area (Å²) in [7, 11) is 0. The van der Waals surface area contributed by atoms with Gasteiger partial charge in [0.15, 0.2) is 0 Å². The predicted octanol–water partition coefficient (Wildman–Crippen LogP) is 3.67. The quantitative estimate of drug-likeness (QED) is 0.647. The molecule has 0 radical (unpaired) electrons. The molecule has 3 aromatic rings. The minimum absolute atomic E-state index is 0.713. The number of H-pyrrole nitrogens is 1. The molecule has 0 spiro atoms. The van der Waals surface area contributed by atoms with Gasteiger partial charge in [0.05, 0.1) is 17.3 Å².